The Morgan fingerprint density at radius 3 is 2.47 bits per heavy atom. The number of hydrogen-bond acceptors (Lipinski definition) is 1. The predicted octanol–water partition coefficient (Wildman–Crippen LogP) is 4.12. The van der Waals surface area contributed by atoms with E-state index in [1.807, 2.05) is 30.3 Å². The van der Waals surface area contributed by atoms with Crippen LogP contribution in [0.3, 0.4) is 0 Å². The third-order valence-corrected chi connectivity index (χ3v) is 4.52. The van der Waals surface area contributed by atoms with Gasteiger partial charge in [-0.2, -0.15) is 0 Å². The van der Waals surface area contributed by atoms with Crippen LogP contribution in [0.25, 0.3) is 0 Å². The van der Waals surface area contributed by atoms with Crippen LogP contribution in [0.4, 0.5) is 0 Å². The monoisotopic (exact) mass is 259 g/mol. The first kappa shape index (κ1) is 14.1. The van der Waals surface area contributed by atoms with Gasteiger partial charge in [-0.05, 0) is 43.7 Å². The van der Waals surface area contributed by atoms with Gasteiger partial charge in [0.2, 0.25) is 0 Å². The summed E-state index contributed by atoms with van der Waals surface area (Å²) >= 11 is 0. The minimum atomic E-state index is 0. The van der Waals surface area contributed by atoms with Crippen LogP contribution in [0.2, 0.25) is 0 Å². The van der Waals surface area contributed by atoms with Crippen LogP contribution in [0.1, 0.15) is 56.3 Å². The predicted molar refractivity (Wildman–Crippen MR) is 79.2 cm³/mol. The molecule has 2 heteroatoms. The molecule has 19 heavy (non-hydrogen) atoms. The Kier molecular flexibility index (Phi) is 4.62. The summed E-state index contributed by atoms with van der Waals surface area (Å²) in [4.78, 5) is 14.7. The highest BCUT2D eigenvalue weighted by molar-refractivity contribution is 5.94. The lowest BCUT2D eigenvalue weighted by molar-refractivity contribution is 0.0390. The SMILES string of the molecule is C.O=C(c1ccccc1)N1CCCC2CCCCC21. The van der Waals surface area contributed by atoms with Gasteiger partial charge >= 0.3 is 0 Å². The van der Waals surface area contributed by atoms with Crippen LogP contribution in [0.5, 0.6) is 0 Å². The maximum absolute atomic E-state index is 12.6. The van der Waals surface area contributed by atoms with Gasteiger partial charge in [0, 0.05) is 18.2 Å². The van der Waals surface area contributed by atoms with Gasteiger partial charge in [-0.25, -0.2) is 0 Å². The van der Waals surface area contributed by atoms with Crippen LogP contribution in [0, 0.1) is 5.92 Å². The summed E-state index contributed by atoms with van der Waals surface area (Å²) < 4.78 is 0. The second kappa shape index (κ2) is 6.23. The molecule has 0 N–H and O–H groups in total. The molecule has 1 amide bonds. The normalized spacial score (nSPS) is 26.2. The van der Waals surface area contributed by atoms with Gasteiger partial charge < -0.3 is 4.90 Å². The molecule has 2 unspecified atom stereocenters. The summed E-state index contributed by atoms with van der Waals surface area (Å²) in [5, 5.41) is 0. The van der Waals surface area contributed by atoms with E-state index in [1.165, 1.54) is 38.5 Å². The van der Waals surface area contributed by atoms with E-state index in [0.29, 0.717) is 6.04 Å². The number of hydrogen-bond donors (Lipinski definition) is 0. The number of carbonyl (C=O) groups excluding carboxylic acids is 1. The van der Waals surface area contributed by atoms with Gasteiger partial charge in [0.25, 0.3) is 5.91 Å². The Labute approximate surface area is 116 Å². The van der Waals surface area contributed by atoms with E-state index in [0.717, 1.165) is 18.0 Å². The first-order chi connectivity index (χ1) is 8.86. The molecule has 0 spiro atoms. The van der Waals surface area contributed by atoms with Crippen molar-refractivity contribution >= 4 is 5.91 Å². The van der Waals surface area contributed by atoms with Crippen molar-refractivity contribution in [2.75, 3.05) is 6.54 Å². The molecular weight excluding hydrogens is 234 g/mol. The highest BCUT2D eigenvalue weighted by Gasteiger charge is 2.35. The molecule has 0 bridgehead atoms. The highest BCUT2D eigenvalue weighted by atomic mass is 16.2. The molecule has 1 aromatic rings. The van der Waals surface area contributed by atoms with Gasteiger partial charge in [0.1, 0.15) is 0 Å². The number of nitrogens with zero attached hydrogens (tertiary/aromatic N) is 1. The first-order valence-electron chi connectivity index (χ1n) is 7.22. The Balaban J connectivity index is 0.00000133. The third-order valence-electron chi connectivity index (χ3n) is 4.52. The average Bonchev–Trinajstić information content (AvgIpc) is 2.47. The van der Waals surface area contributed by atoms with Gasteiger partial charge in [0.05, 0.1) is 0 Å². The number of amides is 1. The Morgan fingerprint density at radius 2 is 1.68 bits per heavy atom. The molecular formula is C17H25NO. The number of piperidine rings is 1. The van der Waals surface area contributed by atoms with Crippen molar-refractivity contribution in [2.24, 2.45) is 5.92 Å². The van der Waals surface area contributed by atoms with Gasteiger partial charge in [-0.3, -0.25) is 4.79 Å². The van der Waals surface area contributed by atoms with Gasteiger partial charge in [0.15, 0.2) is 0 Å². The van der Waals surface area contributed by atoms with Crippen LogP contribution >= 0.6 is 0 Å². The minimum Gasteiger partial charge on any atom is -0.335 e. The molecule has 1 saturated carbocycles. The summed E-state index contributed by atoms with van der Waals surface area (Å²) in [6.07, 6.45) is 7.68. The van der Waals surface area contributed by atoms with E-state index < -0.39 is 0 Å². The molecule has 2 aliphatic rings. The second-order valence-corrected chi connectivity index (χ2v) is 5.62. The minimum absolute atomic E-state index is 0. The van der Waals surface area contributed by atoms with E-state index in [2.05, 4.69) is 4.90 Å². The highest BCUT2D eigenvalue weighted by Crippen LogP contribution is 2.35. The third kappa shape index (κ3) is 2.83. The second-order valence-electron chi connectivity index (χ2n) is 5.62. The fourth-order valence-electron chi connectivity index (χ4n) is 3.62. The van der Waals surface area contributed by atoms with Crippen molar-refractivity contribution in [2.45, 2.75) is 52.0 Å². The molecule has 1 heterocycles. The van der Waals surface area contributed by atoms with Crippen LogP contribution < -0.4 is 0 Å². The van der Waals surface area contributed by atoms with Crippen molar-refractivity contribution in [3.8, 4) is 0 Å². The molecule has 1 aromatic carbocycles. The van der Waals surface area contributed by atoms with E-state index in [-0.39, 0.29) is 13.3 Å². The first-order valence-corrected chi connectivity index (χ1v) is 7.22. The van der Waals surface area contributed by atoms with Crippen molar-refractivity contribution in [1.29, 1.82) is 0 Å². The summed E-state index contributed by atoms with van der Waals surface area (Å²) in [6, 6.07) is 10.3. The molecule has 1 saturated heterocycles. The van der Waals surface area contributed by atoms with Crippen molar-refractivity contribution < 1.29 is 4.79 Å². The van der Waals surface area contributed by atoms with E-state index >= 15 is 0 Å². The molecule has 1 aliphatic heterocycles. The topological polar surface area (TPSA) is 20.3 Å². The zero-order valence-corrected chi connectivity index (χ0v) is 10.8. The van der Waals surface area contributed by atoms with Crippen LogP contribution in [0.15, 0.2) is 30.3 Å². The maximum atomic E-state index is 12.6. The Bertz CT molecular complexity index is 413. The molecule has 2 atom stereocenters. The van der Waals surface area contributed by atoms with E-state index in [4.69, 9.17) is 0 Å². The lowest BCUT2D eigenvalue weighted by Crippen LogP contribution is -2.49. The molecule has 0 radical (unpaired) electrons. The molecule has 1 aliphatic carbocycles. The van der Waals surface area contributed by atoms with E-state index in [1.54, 1.807) is 0 Å². The van der Waals surface area contributed by atoms with Crippen molar-refractivity contribution in [3.05, 3.63) is 35.9 Å². The largest absolute Gasteiger partial charge is 0.335 e. The number of carbonyl (C=O) groups is 1. The lowest BCUT2D eigenvalue weighted by Gasteiger charge is -2.44. The zero-order chi connectivity index (χ0) is 12.4. The number of rotatable bonds is 1. The summed E-state index contributed by atoms with van der Waals surface area (Å²) in [7, 11) is 0. The maximum Gasteiger partial charge on any atom is 0.254 e. The Hall–Kier alpha value is -1.31. The van der Waals surface area contributed by atoms with Crippen molar-refractivity contribution in [3.63, 3.8) is 0 Å². The fraction of sp³-hybridized carbons (Fsp3) is 0.588. The molecule has 104 valence electrons. The average molecular weight is 259 g/mol. The molecule has 3 rings (SSSR count). The molecule has 2 fully saturated rings. The number of benzene rings is 1. The molecule has 0 aromatic heterocycles. The smallest absolute Gasteiger partial charge is 0.254 e. The van der Waals surface area contributed by atoms with Gasteiger partial charge in [-0.15, -0.1) is 0 Å². The van der Waals surface area contributed by atoms with Crippen LogP contribution in [-0.4, -0.2) is 23.4 Å². The zero-order valence-electron chi connectivity index (χ0n) is 10.8. The lowest BCUT2D eigenvalue weighted by atomic mass is 9.78. The van der Waals surface area contributed by atoms with E-state index in [9.17, 15) is 4.79 Å². The fourth-order valence-corrected chi connectivity index (χ4v) is 3.62. The molecule has 2 nitrogen and oxygen atoms in total. The summed E-state index contributed by atoms with van der Waals surface area (Å²) in [6.45, 7) is 0.953. The standard InChI is InChI=1S/C16H21NO.CH4/c18-16(14-8-2-1-3-9-14)17-12-6-10-13-7-4-5-11-15(13)17;/h1-3,8-9,13,15H,4-7,10-12H2;1H4. The summed E-state index contributed by atoms with van der Waals surface area (Å²) in [5.41, 5.74) is 0.851. The van der Waals surface area contributed by atoms with Gasteiger partial charge in [-0.1, -0.05) is 38.5 Å². The summed E-state index contributed by atoms with van der Waals surface area (Å²) in [5.74, 6) is 1.01. The number of fused-ring (bicyclic) bond motifs is 1. The Morgan fingerprint density at radius 1 is 1.00 bits per heavy atom. The number of likely N-dealkylation sites (tertiary alicyclic amines) is 1. The van der Waals surface area contributed by atoms with Crippen LogP contribution in [-0.2, 0) is 0 Å². The quantitative estimate of drug-likeness (QED) is 0.743. The van der Waals surface area contributed by atoms with Crippen molar-refractivity contribution in [1.82, 2.24) is 4.90 Å².